The van der Waals surface area contributed by atoms with E-state index in [1.807, 2.05) is 32.0 Å². The Balaban J connectivity index is 2.05. The lowest BCUT2D eigenvalue weighted by Crippen LogP contribution is -2.31. The standard InChI is InChI=1S/C21H24ClNO5/c1-14(2)12-27-20-17(22)10-15(11-18(20)26-4)21(25)28-13-19(24)23(3)16-8-6-5-7-9-16/h5-11,14H,12-13H2,1-4H3. The predicted octanol–water partition coefficient (Wildman–Crippen LogP) is 4.20. The summed E-state index contributed by atoms with van der Waals surface area (Å²) in [5.74, 6) is -0.0277. The van der Waals surface area contributed by atoms with E-state index in [9.17, 15) is 9.59 Å². The molecule has 0 atom stereocenters. The van der Waals surface area contributed by atoms with E-state index >= 15 is 0 Å². The van der Waals surface area contributed by atoms with Crippen molar-refractivity contribution in [1.29, 1.82) is 0 Å². The molecule has 0 N–H and O–H groups in total. The number of likely N-dealkylation sites (N-methyl/N-ethyl adjacent to an activating group) is 1. The number of methoxy groups -OCH3 is 1. The fraction of sp³-hybridized carbons (Fsp3) is 0.333. The van der Waals surface area contributed by atoms with Gasteiger partial charge in [-0.3, -0.25) is 4.79 Å². The van der Waals surface area contributed by atoms with Gasteiger partial charge in [-0.05, 0) is 30.2 Å². The van der Waals surface area contributed by atoms with Gasteiger partial charge < -0.3 is 19.1 Å². The van der Waals surface area contributed by atoms with Gasteiger partial charge in [0.05, 0.1) is 24.3 Å². The predicted molar refractivity (Wildman–Crippen MR) is 108 cm³/mol. The summed E-state index contributed by atoms with van der Waals surface area (Å²) in [5, 5.41) is 0.236. The molecule has 0 heterocycles. The van der Waals surface area contributed by atoms with Gasteiger partial charge in [0.2, 0.25) is 0 Å². The Kier molecular flexibility index (Phi) is 7.70. The topological polar surface area (TPSA) is 65.1 Å². The first kappa shape index (κ1) is 21.6. The van der Waals surface area contributed by atoms with Crippen molar-refractivity contribution in [1.82, 2.24) is 0 Å². The highest BCUT2D eigenvalue weighted by molar-refractivity contribution is 6.32. The van der Waals surface area contributed by atoms with Gasteiger partial charge >= 0.3 is 5.97 Å². The first-order chi connectivity index (χ1) is 13.3. The van der Waals surface area contributed by atoms with Crippen LogP contribution in [0.2, 0.25) is 5.02 Å². The highest BCUT2D eigenvalue weighted by Gasteiger charge is 2.19. The third-order valence-electron chi connectivity index (χ3n) is 3.87. The molecule has 28 heavy (non-hydrogen) atoms. The zero-order valence-corrected chi connectivity index (χ0v) is 17.2. The number of halogens is 1. The highest BCUT2D eigenvalue weighted by Crippen LogP contribution is 2.36. The van der Waals surface area contributed by atoms with Crippen LogP contribution < -0.4 is 14.4 Å². The van der Waals surface area contributed by atoms with Crippen molar-refractivity contribution in [2.45, 2.75) is 13.8 Å². The molecule has 1 amide bonds. The van der Waals surface area contributed by atoms with Crippen LogP contribution in [-0.4, -0.2) is 39.2 Å². The molecule has 0 aliphatic heterocycles. The summed E-state index contributed by atoms with van der Waals surface area (Å²) in [6.07, 6.45) is 0. The molecule has 0 aromatic heterocycles. The number of ether oxygens (including phenoxy) is 3. The average Bonchev–Trinajstić information content (AvgIpc) is 2.70. The normalized spacial score (nSPS) is 10.5. The van der Waals surface area contributed by atoms with Crippen LogP contribution in [0.1, 0.15) is 24.2 Å². The molecule has 6 nitrogen and oxygen atoms in total. The van der Waals surface area contributed by atoms with Crippen molar-refractivity contribution in [3.63, 3.8) is 0 Å². The van der Waals surface area contributed by atoms with Gasteiger partial charge in [-0.15, -0.1) is 0 Å². The summed E-state index contributed by atoms with van der Waals surface area (Å²) >= 11 is 6.25. The van der Waals surface area contributed by atoms with Gasteiger partial charge in [-0.1, -0.05) is 43.6 Å². The number of carbonyl (C=O) groups is 2. The monoisotopic (exact) mass is 405 g/mol. The third kappa shape index (κ3) is 5.63. The summed E-state index contributed by atoms with van der Waals surface area (Å²) in [5.41, 5.74) is 0.883. The van der Waals surface area contributed by atoms with Crippen LogP contribution in [0.15, 0.2) is 42.5 Å². The van der Waals surface area contributed by atoms with Crippen LogP contribution in [0.3, 0.4) is 0 Å². The number of anilines is 1. The van der Waals surface area contributed by atoms with E-state index in [0.717, 1.165) is 0 Å². The maximum Gasteiger partial charge on any atom is 0.338 e. The molecule has 2 rings (SSSR count). The third-order valence-corrected chi connectivity index (χ3v) is 4.15. The van der Waals surface area contributed by atoms with Crippen LogP contribution in [0.4, 0.5) is 5.69 Å². The van der Waals surface area contributed by atoms with Crippen molar-refractivity contribution in [3.05, 3.63) is 53.1 Å². The second-order valence-corrected chi connectivity index (χ2v) is 6.97. The lowest BCUT2D eigenvalue weighted by Gasteiger charge is -2.17. The fourth-order valence-electron chi connectivity index (χ4n) is 2.33. The minimum atomic E-state index is -0.676. The number of esters is 1. The molecule has 0 radical (unpaired) electrons. The molecule has 0 aliphatic rings. The van der Waals surface area contributed by atoms with Crippen molar-refractivity contribution in [3.8, 4) is 11.5 Å². The minimum Gasteiger partial charge on any atom is -0.493 e. The number of nitrogens with zero attached hydrogens (tertiary/aromatic N) is 1. The fourth-order valence-corrected chi connectivity index (χ4v) is 2.60. The molecule has 7 heteroatoms. The van der Waals surface area contributed by atoms with Gasteiger partial charge in [0.25, 0.3) is 5.91 Å². The number of rotatable bonds is 8. The quantitative estimate of drug-likeness (QED) is 0.616. The Bertz CT molecular complexity index is 823. The van der Waals surface area contributed by atoms with E-state index in [2.05, 4.69) is 0 Å². The van der Waals surface area contributed by atoms with Crippen molar-refractivity contribution in [2.75, 3.05) is 32.3 Å². The second kappa shape index (κ2) is 9.99. The number of hydrogen-bond donors (Lipinski definition) is 0. The van der Waals surface area contributed by atoms with Gasteiger partial charge in [0, 0.05) is 12.7 Å². The molecule has 0 saturated heterocycles. The summed E-state index contributed by atoms with van der Waals surface area (Å²) in [7, 11) is 3.08. The molecule has 0 spiro atoms. The molecule has 150 valence electrons. The minimum absolute atomic E-state index is 0.175. The summed E-state index contributed by atoms with van der Waals surface area (Å²) < 4.78 is 16.1. The number of carbonyl (C=O) groups excluding carboxylic acids is 2. The zero-order valence-electron chi connectivity index (χ0n) is 16.4. The Morgan fingerprint density at radius 2 is 1.82 bits per heavy atom. The van der Waals surface area contributed by atoms with Crippen LogP contribution in [0.25, 0.3) is 0 Å². The lowest BCUT2D eigenvalue weighted by atomic mass is 10.2. The van der Waals surface area contributed by atoms with Gasteiger partial charge in [0.1, 0.15) is 0 Å². The van der Waals surface area contributed by atoms with E-state index in [1.165, 1.54) is 24.1 Å². The first-order valence-electron chi connectivity index (χ1n) is 8.82. The molecular weight excluding hydrogens is 382 g/mol. The van der Waals surface area contributed by atoms with E-state index < -0.39 is 12.6 Å². The number of amides is 1. The molecular formula is C21H24ClNO5. The van der Waals surface area contributed by atoms with E-state index in [0.29, 0.717) is 29.7 Å². The summed E-state index contributed by atoms with van der Waals surface area (Å²) in [6.45, 7) is 4.08. The smallest absolute Gasteiger partial charge is 0.338 e. The summed E-state index contributed by atoms with van der Waals surface area (Å²) in [6, 6.07) is 12.0. The van der Waals surface area contributed by atoms with E-state index in [-0.39, 0.29) is 16.5 Å². The molecule has 0 unspecified atom stereocenters. The first-order valence-corrected chi connectivity index (χ1v) is 9.20. The van der Waals surface area contributed by atoms with Crippen LogP contribution in [0, 0.1) is 5.92 Å². The van der Waals surface area contributed by atoms with Crippen LogP contribution >= 0.6 is 11.6 Å². The molecule has 0 bridgehead atoms. The Morgan fingerprint density at radius 3 is 2.43 bits per heavy atom. The van der Waals surface area contributed by atoms with Gasteiger partial charge in [0.15, 0.2) is 18.1 Å². The maximum atomic E-state index is 12.4. The second-order valence-electron chi connectivity index (χ2n) is 6.56. The zero-order chi connectivity index (χ0) is 20.7. The van der Waals surface area contributed by atoms with Gasteiger partial charge in [-0.25, -0.2) is 4.79 Å². The number of benzene rings is 2. The van der Waals surface area contributed by atoms with Crippen molar-refractivity contribution in [2.24, 2.45) is 5.92 Å². The highest BCUT2D eigenvalue weighted by atomic mass is 35.5. The van der Waals surface area contributed by atoms with Crippen molar-refractivity contribution >= 4 is 29.2 Å². The lowest BCUT2D eigenvalue weighted by molar-refractivity contribution is -0.121. The number of hydrogen-bond acceptors (Lipinski definition) is 5. The Labute approximate surface area is 169 Å². The summed E-state index contributed by atoms with van der Waals surface area (Å²) in [4.78, 5) is 26.0. The Morgan fingerprint density at radius 1 is 1.14 bits per heavy atom. The largest absolute Gasteiger partial charge is 0.493 e. The molecule has 2 aromatic carbocycles. The molecule has 0 fully saturated rings. The SMILES string of the molecule is COc1cc(C(=O)OCC(=O)N(C)c2ccccc2)cc(Cl)c1OCC(C)C. The molecule has 0 aliphatic carbocycles. The Hall–Kier alpha value is -2.73. The maximum absolute atomic E-state index is 12.4. The van der Waals surface area contributed by atoms with Crippen LogP contribution in [-0.2, 0) is 9.53 Å². The average molecular weight is 406 g/mol. The molecule has 0 saturated carbocycles. The van der Waals surface area contributed by atoms with Crippen LogP contribution in [0.5, 0.6) is 11.5 Å². The number of para-hydroxylation sites is 1. The van der Waals surface area contributed by atoms with E-state index in [4.69, 9.17) is 25.8 Å². The van der Waals surface area contributed by atoms with Crippen molar-refractivity contribution < 1.29 is 23.8 Å². The molecule has 2 aromatic rings. The van der Waals surface area contributed by atoms with E-state index in [1.54, 1.807) is 19.2 Å². The van der Waals surface area contributed by atoms with Gasteiger partial charge in [-0.2, -0.15) is 0 Å².